The molecule has 0 spiro atoms. The first-order chi connectivity index (χ1) is 12.9. The van der Waals surface area contributed by atoms with Crippen molar-refractivity contribution < 1.29 is 9.90 Å². The van der Waals surface area contributed by atoms with E-state index in [9.17, 15) is 15.2 Å². The molecule has 0 bridgehead atoms. The molecule has 2 atom stereocenters. The fourth-order valence-electron chi connectivity index (χ4n) is 3.46. The summed E-state index contributed by atoms with van der Waals surface area (Å²) in [5, 5.41) is 22.9. The van der Waals surface area contributed by atoms with Crippen LogP contribution in [0, 0.1) is 11.3 Å². The number of aromatic nitrogens is 3. The quantitative estimate of drug-likeness (QED) is 0.699. The van der Waals surface area contributed by atoms with Crippen LogP contribution in [0.4, 0.5) is 0 Å². The van der Waals surface area contributed by atoms with Gasteiger partial charge in [0.05, 0.1) is 41.5 Å². The maximum Gasteiger partial charge on any atom is 0.217 e. The minimum atomic E-state index is -0.469. The van der Waals surface area contributed by atoms with E-state index < -0.39 is 6.10 Å². The number of amides is 1. The third-order valence-corrected chi connectivity index (χ3v) is 4.66. The number of nitrogens with zero attached hydrogens (tertiary/aromatic N) is 4. The minimum absolute atomic E-state index is 0.00935. The lowest BCUT2D eigenvalue weighted by Gasteiger charge is -2.22. The first kappa shape index (κ1) is 18.8. The van der Waals surface area contributed by atoms with Gasteiger partial charge in [-0.3, -0.25) is 9.78 Å². The van der Waals surface area contributed by atoms with Gasteiger partial charge in [0.1, 0.15) is 11.3 Å². The summed E-state index contributed by atoms with van der Waals surface area (Å²) in [6.07, 6.45) is 2.61. The molecule has 0 radical (unpaired) electrons. The molecule has 27 heavy (non-hydrogen) atoms. The maximum absolute atomic E-state index is 11.4. The third kappa shape index (κ3) is 3.76. The van der Waals surface area contributed by atoms with Crippen LogP contribution in [0.5, 0.6) is 0 Å². The molecule has 0 aliphatic carbocycles. The van der Waals surface area contributed by atoms with Crippen molar-refractivity contribution in [3.8, 4) is 6.07 Å². The van der Waals surface area contributed by atoms with E-state index in [2.05, 4.69) is 32.8 Å². The lowest BCUT2D eigenvalue weighted by Crippen LogP contribution is -2.24. The SMILES string of the molecule is CC[C@H](C[C@@H](C)O)n1c(CNC(C)=O)nc2cnc3ccc(C#N)cc3c21. The Morgan fingerprint density at radius 1 is 1.41 bits per heavy atom. The van der Waals surface area contributed by atoms with Crippen LogP contribution in [-0.4, -0.2) is 31.7 Å². The predicted molar refractivity (Wildman–Crippen MR) is 103 cm³/mol. The van der Waals surface area contributed by atoms with Gasteiger partial charge in [0.15, 0.2) is 0 Å². The Labute approximate surface area is 157 Å². The molecule has 0 fully saturated rings. The summed E-state index contributed by atoms with van der Waals surface area (Å²) in [6.45, 7) is 5.59. The lowest BCUT2D eigenvalue weighted by atomic mass is 10.1. The Balaban J connectivity index is 2.30. The molecule has 1 aromatic carbocycles. The summed E-state index contributed by atoms with van der Waals surface area (Å²) in [5.74, 6) is 0.580. The number of fused-ring (bicyclic) bond motifs is 3. The van der Waals surface area contributed by atoms with Crippen molar-refractivity contribution >= 4 is 27.8 Å². The maximum atomic E-state index is 11.4. The fraction of sp³-hybridized carbons (Fsp3) is 0.400. The van der Waals surface area contributed by atoms with Crippen molar-refractivity contribution in [2.24, 2.45) is 0 Å². The molecule has 140 valence electrons. The molecule has 2 heterocycles. The highest BCUT2D eigenvalue weighted by atomic mass is 16.3. The van der Waals surface area contributed by atoms with Gasteiger partial charge >= 0.3 is 0 Å². The number of pyridine rings is 1. The van der Waals surface area contributed by atoms with Crippen LogP contribution in [0.3, 0.4) is 0 Å². The van der Waals surface area contributed by atoms with Gasteiger partial charge in [0.25, 0.3) is 0 Å². The van der Waals surface area contributed by atoms with E-state index in [1.807, 2.05) is 12.1 Å². The highest BCUT2D eigenvalue weighted by molar-refractivity contribution is 6.02. The van der Waals surface area contributed by atoms with Crippen molar-refractivity contribution in [3.05, 3.63) is 35.8 Å². The Morgan fingerprint density at radius 3 is 2.81 bits per heavy atom. The van der Waals surface area contributed by atoms with E-state index in [0.29, 0.717) is 29.9 Å². The topological polar surface area (TPSA) is 104 Å². The first-order valence-corrected chi connectivity index (χ1v) is 9.06. The fourth-order valence-corrected chi connectivity index (χ4v) is 3.46. The summed E-state index contributed by atoms with van der Waals surface area (Å²) in [5.41, 5.74) is 2.92. The zero-order valence-corrected chi connectivity index (χ0v) is 15.7. The second-order valence-corrected chi connectivity index (χ2v) is 6.79. The average Bonchev–Trinajstić information content (AvgIpc) is 3.02. The number of nitriles is 1. The number of carbonyl (C=O) groups excluding carboxylic acids is 1. The molecular formula is C20H23N5O2. The van der Waals surface area contributed by atoms with Crippen LogP contribution < -0.4 is 5.32 Å². The zero-order valence-electron chi connectivity index (χ0n) is 15.7. The molecule has 1 amide bonds. The Kier molecular flexibility index (Phi) is 5.38. The number of hydrogen-bond acceptors (Lipinski definition) is 5. The van der Waals surface area contributed by atoms with Gasteiger partial charge in [-0.25, -0.2) is 4.98 Å². The van der Waals surface area contributed by atoms with Crippen LogP contribution in [0.25, 0.3) is 21.9 Å². The second kappa shape index (κ2) is 7.72. The number of aliphatic hydroxyl groups excluding tert-OH is 1. The summed E-state index contributed by atoms with van der Waals surface area (Å²) >= 11 is 0. The monoisotopic (exact) mass is 365 g/mol. The second-order valence-electron chi connectivity index (χ2n) is 6.79. The summed E-state index contributed by atoms with van der Waals surface area (Å²) in [7, 11) is 0. The van der Waals surface area contributed by atoms with Gasteiger partial charge in [-0.1, -0.05) is 6.92 Å². The minimum Gasteiger partial charge on any atom is -0.393 e. The largest absolute Gasteiger partial charge is 0.393 e. The number of benzene rings is 1. The molecule has 3 rings (SSSR count). The van der Waals surface area contributed by atoms with Crippen LogP contribution >= 0.6 is 0 Å². The van der Waals surface area contributed by atoms with Crippen molar-refractivity contribution in [1.29, 1.82) is 5.26 Å². The molecule has 3 aromatic rings. The van der Waals surface area contributed by atoms with E-state index in [4.69, 9.17) is 0 Å². The van der Waals surface area contributed by atoms with Crippen LogP contribution in [0.1, 0.15) is 51.0 Å². The number of rotatable bonds is 6. The standard InChI is InChI=1S/C20H23N5O2/c1-4-15(7-12(2)26)25-19(11-22-13(3)27)24-18-10-23-17-6-5-14(9-21)8-16(17)20(18)25/h5-6,8,10,12,15,26H,4,7,11H2,1-3H3,(H,22,27)/t12-,15-/m1/s1. The number of hydrogen-bond donors (Lipinski definition) is 2. The summed E-state index contributed by atoms with van der Waals surface area (Å²) < 4.78 is 2.09. The molecule has 2 aromatic heterocycles. The van der Waals surface area contributed by atoms with Gasteiger partial charge in [-0.05, 0) is 38.0 Å². The number of nitrogens with one attached hydrogen (secondary N) is 1. The van der Waals surface area contributed by atoms with E-state index in [1.165, 1.54) is 6.92 Å². The van der Waals surface area contributed by atoms with Gasteiger partial charge in [0, 0.05) is 18.4 Å². The van der Waals surface area contributed by atoms with Gasteiger partial charge in [-0.15, -0.1) is 0 Å². The van der Waals surface area contributed by atoms with Crippen molar-refractivity contribution in [1.82, 2.24) is 19.9 Å². The molecule has 0 unspecified atom stereocenters. The molecule has 2 N–H and O–H groups in total. The highest BCUT2D eigenvalue weighted by Gasteiger charge is 2.22. The van der Waals surface area contributed by atoms with E-state index >= 15 is 0 Å². The van der Waals surface area contributed by atoms with E-state index in [1.54, 1.807) is 19.2 Å². The van der Waals surface area contributed by atoms with Crippen LogP contribution in [0.15, 0.2) is 24.4 Å². The van der Waals surface area contributed by atoms with Crippen molar-refractivity contribution in [2.75, 3.05) is 0 Å². The van der Waals surface area contributed by atoms with Crippen LogP contribution in [0.2, 0.25) is 0 Å². The molecule has 7 nitrogen and oxygen atoms in total. The number of imidazole rings is 1. The summed E-state index contributed by atoms with van der Waals surface area (Å²) in [4.78, 5) is 20.6. The third-order valence-electron chi connectivity index (χ3n) is 4.66. The normalized spacial score (nSPS) is 13.4. The highest BCUT2D eigenvalue weighted by Crippen LogP contribution is 2.31. The smallest absolute Gasteiger partial charge is 0.217 e. The summed E-state index contributed by atoms with van der Waals surface area (Å²) in [6, 6.07) is 7.57. The Morgan fingerprint density at radius 2 is 2.19 bits per heavy atom. The molecular weight excluding hydrogens is 342 g/mol. The van der Waals surface area contributed by atoms with Crippen molar-refractivity contribution in [2.45, 2.75) is 52.3 Å². The van der Waals surface area contributed by atoms with Crippen molar-refractivity contribution in [3.63, 3.8) is 0 Å². The van der Waals surface area contributed by atoms with Gasteiger partial charge < -0.3 is 15.0 Å². The van der Waals surface area contributed by atoms with Crippen LogP contribution in [-0.2, 0) is 11.3 Å². The molecule has 0 aliphatic heterocycles. The Hall–Kier alpha value is -2.98. The molecule has 7 heteroatoms. The Bertz CT molecular complexity index is 1030. The average molecular weight is 365 g/mol. The molecule has 0 aliphatic rings. The first-order valence-electron chi connectivity index (χ1n) is 9.06. The van der Waals surface area contributed by atoms with Gasteiger partial charge in [0.2, 0.25) is 5.91 Å². The zero-order chi connectivity index (χ0) is 19.6. The number of aliphatic hydroxyl groups is 1. The van der Waals surface area contributed by atoms with E-state index in [0.717, 1.165) is 22.8 Å². The molecule has 0 saturated carbocycles. The predicted octanol–water partition coefficient (Wildman–Crippen LogP) is 2.81. The van der Waals surface area contributed by atoms with Gasteiger partial charge in [-0.2, -0.15) is 5.26 Å². The lowest BCUT2D eigenvalue weighted by molar-refractivity contribution is -0.119. The molecule has 0 saturated heterocycles. The number of carbonyl (C=O) groups is 1. The van der Waals surface area contributed by atoms with E-state index in [-0.39, 0.29) is 11.9 Å².